The van der Waals surface area contributed by atoms with E-state index in [0.29, 0.717) is 12.2 Å². The molecule has 2 aromatic rings. The number of halogens is 1. The van der Waals surface area contributed by atoms with Crippen LogP contribution in [0.5, 0.6) is 0 Å². The second-order valence-electron chi connectivity index (χ2n) is 4.16. The molecule has 0 spiro atoms. The van der Waals surface area contributed by atoms with Crippen molar-refractivity contribution >= 4 is 15.7 Å². The van der Waals surface area contributed by atoms with Gasteiger partial charge < -0.3 is 0 Å². The molecule has 0 atom stereocenters. The standard InChI is InChI=1S/C11H13FN4OS/c1-18(2,17)16-11-13-10(14-15-11)7-8-3-5-9(12)6-4-8/h3-6H,7H2,1-2H3,(H,13,14,15). The van der Waals surface area contributed by atoms with Crippen LogP contribution < -0.4 is 0 Å². The lowest BCUT2D eigenvalue weighted by molar-refractivity contribution is 0.627. The van der Waals surface area contributed by atoms with Crippen molar-refractivity contribution in [2.24, 2.45) is 4.36 Å². The molecule has 0 saturated heterocycles. The molecule has 1 aromatic carbocycles. The van der Waals surface area contributed by atoms with Crippen LogP contribution in [-0.4, -0.2) is 31.9 Å². The first-order valence-electron chi connectivity index (χ1n) is 5.25. The SMILES string of the molecule is CS(C)(=O)=Nc1n[nH]c(Cc2ccc(F)cc2)n1. The maximum Gasteiger partial charge on any atom is 0.276 e. The summed E-state index contributed by atoms with van der Waals surface area (Å²) in [6.45, 7) is 0. The van der Waals surface area contributed by atoms with E-state index in [1.807, 2.05) is 0 Å². The average molecular weight is 268 g/mol. The van der Waals surface area contributed by atoms with Crippen LogP contribution in [0, 0.1) is 5.82 Å². The molecule has 1 aromatic heterocycles. The van der Waals surface area contributed by atoms with Crippen LogP contribution in [0.4, 0.5) is 10.3 Å². The van der Waals surface area contributed by atoms with Gasteiger partial charge in [0.15, 0.2) is 0 Å². The molecule has 0 saturated carbocycles. The van der Waals surface area contributed by atoms with E-state index >= 15 is 0 Å². The largest absolute Gasteiger partial charge is 0.276 e. The summed E-state index contributed by atoms with van der Waals surface area (Å²) in [7, 11) is -2.26. The van der Waals surface area contributed by atoms with E-state index < -0.39 is 9.73 Å². The van der Waals surface area contributed by atoms with E-state index in [0.717, 1.165) is 5.56 Å². The maximum atomic E-state index is 12.7. The summed E-state index contributed by atoms with van der Waals surface area (Å²) >= 11 is 0. The average Bonchev–Trinajstić information content (AvgIpc) is 2.66. The van der Waals surface area contributed by atoms with Gasteiger partial charge in [0.1, 0.15) is 11.6 Å². The van der Waals surface area contributed by atoms with Crippen molar-refractivity contribution in [3.63, 3.8) is 0 Å². The predicted molar refractivity (Wildman–Crippen MR) is 67.7 cm³/mol. The smallest absolute Gasteiger partial charge is 0.261 e. The zero-order chi connectivity index (χ0) is 13.2. The number of hydrogen-bond acceptors (Lipinski definition) is 4. The first kappa shape index (κ1) is 12.7. The highest BCUT2D eigenvalue weighted by molar-refractivity contribution is 7.92. The van der Waals surface area contributed by atoms with Crippen LogP contribution in [0.2, 0.25) is 0 Å². The molecule has 0 aliphatic heterocycles. The first-order chi connectivity index (χ1) is 8.42. The first-order valence-corrected chi connectivity index (χ1v) is 7.58. The molecule has 18 heavy (non-hydrogen) atoms. The topological polar surface area (TPSA) is 71.0 Å². The normalized spacial score (nSPS) is 11.5. The highest BCUT2D eigenvalue weighted by Gasteiger charge is 2.04. The Kier molecular flexibility index (Phi) is 3.42. The predicted octanol–water partition coefficient (Wildman–Crippen LogP) is 1.89. The van der Waals surface area contributed by atoms with Crippen molar-refractivity contribution < 1.29 is 8.60 Å². The summed E-state index contributed by atoms with van der Waals surface area (Å²) in [5.41, 5.74) is 0.910. The number of nitrogens with zero attached hydrogens (tertiary/aromatic N) is 3. The number of rotatable bonds is 3. The summed E-state index contributed by atoms with van der Waals surface area (Å²) in [6, 6.07) is 6.14. The highest BCUT2D eigenvalue weighted by Crippen LogP contribution is 2.10. The molecule has 1 N–H and O–H groups in total. The van der Waals surface area contributed by atoms with Gasteiger partial charge in [0.25, 0.3) is 5.95 Å². The summed E-state index contributed by atoms with van der Waals surface area (Å²) in [5, 5.41) is 6.58. The number of H-pyrrole nitrogens is 1. The molecule has 0 radical (unpaired) electrons. The van der Waals surface area contributed by atoms with Crippen molar-refractivity contribution in [2.75, 3.05) is 12.5 Å². The van der Waals surface area contributed by atoms with E-state index in [4.69, 9.17) is 0 Å². The van der Waals surface area contributed by atoms with Crippen molar-refractivity contribution in [1.29, 1.82) is 0 Å². The lowest BCUT2D eigenvalue weighted by Gasteiger charge is -1.96. The Labute approximate surface area is 105 Å². The van der Waals surface area contributed by atoms with Crippen molar-refractivity contribution in [2.45, 2.75) is 6.42 Å². The van der Waals surface area contributed by atoms with Crippen LogP contribution in [0.3, 0.4) is 0 Å². The molecule has 0 fully saturated rings. The summed E-state index contributed by atoms with van der Waals surface area (Å²) in [5.74, 6) is 0.509. The minimum atomic E-state index is -2.26. The zero-order valence-corrected chi connectivity index (χ0v) is 10.9. The lowest BCUT2D eigenvalue weighted by Crippen LogP contribution is -1.91. The fourth-order valence-corrected chi connectivity index (χ4v) is 1.87. The van der Waals surface area contributed by atoms with E-state index in [2.05, 4.69) is 19.5 Å². The summed E-state index contributed by atoms with van der Waals surface area (Å²) in [6.07, 6.45) is 3.53. The summed E-state index contributed by atoms with van der Waals surface area (Å²) < 4.78 is 28.1. The van der Waals surface area contributed by atoms with Gasteiger partial charge in [-0.15, -0.1) is 5.10 Å². The van der Waals surface area contributed by atoms with Gasteiger partial charge in [-0.25, -0.2) is 8.60 Å². The zero-order valence-electron chi connectivity index (χ0n) is 10.1. The van der Waals surface area contributed by atoms with Gasteiger partial charge in [-0.2, -0.15) is 9.35 Å². The number of benzene rings is 1. The van der Waals surface area contributed by atoms with Crippen LogP contribution in [0.25, 0.3) is 0 Å². The second kappa shape index (κ2) is 4.85. The van der Waals surface area contributed by atoms with Crippen LogP contribution >= 0.6 is 0 Å². The van der Waals surface area contributed by atoms with Crippen molar-refractivity contribution in [1.82, 2.24) is 15.2 Å². The van der Waals surface area contributed by atoms with Gasteiger partial charge in [-0.1, -0.05) is 12.1 Å². The number of aromatic nitrogens is 3. The molecule has 0 aliphatic rings. The Bertz CT molecular complexity index is 648. The number of aromatic amines is 1. The van der Waals surface area contributed by atoms with Gasteiger partial charge in [0, 0.05) is 28.7 Å². The Hall–Kier alpha value is -1.76. The van der Waals surface area contributed by atoms with Crippen molar-refractivity contribution in [3.8, 4) is 0 Å². The molecule has 2 rings (SSSR count). The van der Waals surface area contributed by atoms with Crippen molar-refractivity contribution in [3.05, 3.63) is 41.5 Å². The van der Waals surface area contributed by atoms with Crippen LogP contribution in [0.15, 0.2) is 28.6 Å². The van der Waals surface area contributed by atoms with Gasteiger partial charge in [-0.05, 0) is 17.7 Å². The monoisotopic (exact) mass is 268 g/mol. The van der Waals surface area contributed by atoms with Crippen LogP contribution in [0.1, 0.15) is 11.4 Å². The van der Waals surface area contributed by atoms with Crippen LogP contribution in [-0.2, 0) is 16.1 Å². The Morgan fingerprint density at radius 2 is 2.00 bits per heavy atom. The van der Waals surface area contributed by atoms with Gasteiger partial charge in [0.2, 0.25) is 0 Å². The Balaban J connectivity index is 2.17. The molecule has 5 nitrogen and oxygen atoms in total. The molecule has 0 bridgehead atoms. The number of hydrogen-bond donors (Lipinski definition) is 1. The van der Waals surface area contributed by atoms with E-state index in [9.17, 15) is 8.60 Å². The molecule has 0 aliphatic carbocycles. The molecule has 7 heteroatoms. The summed E-state index contributed by atoms with van der Waals surface area (Å²) in [4.78, 5) is 4.11. The molecule has 0 amide bonds. The highest BCUT2D eigenvalue weighted by atomic mass is 32.2. The Morgan fingerprint density at radius 3 is 2.61 bits per heavy atom. The number of nitrogens with one attached hydrogen (secondary N) is 1. The molecular formula is C11H13FN4OS. The maximum absolute atomic E-state index is 12.7. The fourth-order valence-electron chi connectivity index (χ4n) is 1.40. The van der Waals surface area contributed by atoms with E-state index in [1.165, 1.54) is 24.6 Å². The third-order valence-electron chi connectivity index (χ3n) is 2.11. The van der Waals surface area contributed by atoms with Gasteiger partial charge >= 0.3 is 0 Å². The minimum absolute atomic E-state index is 0.183. The second-order valence-corrected chi connectivity index (χ2v) is 6.70. The fraction of sp³-hybridized carbons (Fsp3) is 0.273. The Morgan fingerprint density at radius 1 is 1.33 bits per heavy atom. The van der Waals surface area contributed by atoms with E-state index in [1.54, 1.807) is 12.1 Å². The molecule has 1 heterocycles. The lowest BCUT2D eigenvalue weighted by atomic mass is 10.1. The quantitative estimate of drug-likeness (QED) is 0.924. The minimum Gasteiger partial charge on any atom is -0.261 e. The van der Waals surface area contributed by atoms with E-state index in [-0.39, 0.29) is 11.8 Å². The van der Waals surface area contributed by atoms with Gasteiger partial charge in [0.05, 0.1) is 0 Å². The molecular weight excluding hydrogens is 255 g/mol. The third kappa shape index (κ3) is 3.63. The van der Waals surface area contributed by atoms with Gasteiger partial charge in [-0.3, -0.25) is 5.10 Å². The third-order valence-corrected chi connectivity index (χ3v) is 2.71. The molecule has 96 valence electrons. The molecule has 0 unspecified atom stereocenters.